The first-order valence-corrected chi connectivity index (χ1v) is 29.5. The number of nitrogens with zero attached hydrogens (tertiary/aromatic N) is 1. The van der Waals surface area contributed by atoms with Gasteiger partial charge in [-0.3, -0.25) is 13.8 Å². The molecule has 0 fully saturated rings. The summed E-state index contributed by atoms with van der Waals surface area (Å²) in [5, 5.41) is 14.1. The Hall–Kier alpha value is -0.760. The van der Waals surface area contributed by atoms with Crippen molar-refractivity contribution in [2.45, 2.75) is 296 Å². The highest BCUT2D eigenvalue weighted by Gasteiger charge is 2.28. The van der Waals surface area contributed by atoms with Crippen LogP contribution in [0.5, 0.6) is 0 Å². The predicted octanol–water partition coefficient (Wildman–Crippen LogP) is 16.7. The fraction of sp³-hybridized carbons (Fsp3) is 0.945. The van der Waals surface area contributed by atoms with Gasteiger partial charge in [0.1, 0.15) is 13.2 Å². The van der Waals surface area contributed by atoms with Gasteiger partial charge in [0.25, 0.3) is 0 Å². The minimum atomic E-state index is -4.32. The van der Waals surface area contributed by atoms with E-state index in [1.807, 2.05) is 21.1 Å². The smallest absolute Gasteiger partial charge is 0.391 e. The first kappa shape index (κ1) is 63.2. The second-order valence-corrected chi connectivity index (χ2v) is 22.1. The average molecular weight is 928 g/mol. The number of hydrogen-bond donors (Lipinski definition) is 3. The lowest BCUT2D eigenvalue weighted by Gasteiger charge is -2.26. The van der Waals surface area contributed by atoms with E-state index in [2.05, 4.69) is 31.3 Å². The van der Waals surface area contributed by atoms with Crippen molar-refractivity contribution >= 4 is 13.7 Å². The molecular weight excluding hydrogens is 816 g/mol. The molecule has 8 nitrogen and oxygen atoms in total. The van der Waals surface area contributed by atoms with E-state index < -0.39 is 20.0 Å². The standard InChI is InChI=1S/C55H111N2O6P/c1-6-8-10-12-14-16-18-20-22-24-25-26-27-28-29-30-31-33-35-37-39-41-43-45-47-49-55(59)56-53(52-63-64(60,61)62-51-50-57(3,4)5)54(58)48-46-44-42-40-38-36-34-32-23-21-19-17-15-13-11-9-7-2/h28-29,53-54,58H,6-27,30-52H2,1-5H3,(H-,56,59,60,61)/p+1/b29-28-. The third-order valence-corrected chi connectivity index (χ3v) is 14.0. The average Bonchev–Trinajstić information content (AvgIpc) is 3.25. The molecule has 382 valence electrons. The number of rotatable bonds is 52. The number of quaternary nitrogens is 1. The molecule has 0 saturated heterocycles. The molecule has 0 aromatic carbocycles. The SMILES string of the molecule is CCCCCCCCCCCCCC/C=C\CCCCCCCCCCCC(=O)NC(COP(=O)(O)OCC[N+](C)(C)C)C(O)CCCCCCCCCCCCCCCCCCC. The lowest BCUT2D eigenvalue weighted by Crippen LogP contribution is -2.46. The molecule has 0 radical (unpaired) electrons. The van der Waals surface area contributed by atoms with Crippen molar-refractivity contribution in [2.75, 3.05) is 40.9 Å². The molecule has 0 aliphatic carbocycles. The summed E-state index contributed by atoms with van der Waals surface area (Å²) in [6.45, 7) is 4.93. The van der Waals surface area contributed by atoms with E-state index >= 15 is 0 Å². The Labute approximate surface area is 399 Å². The monoisotopic (exact) mass is 928 g/mol. The van der Waals surface area contributed by atoms with Crippen LogP contribution in [0.15, 0.2) is 12.2 Å². The topological polar surface area (TPSA) is 105 Å². The largest absolute Gasteiger partial charge is 0.472 e. The maximum absolute atomic E-state index is 13.0. The third-order valence-electron chi connectivity index (χ3n) is 13.0. The van der Waals surface area contributed by atoms with E-state index in [1.54, 1.807) is 0 Å². The number of amides is 1. The first-order chi connectivity index (χ1) is 31.0. The van der Waals surface area contributed by atoms with Crippen LogP contribution in [0, 0.1) is 0 Å². The molecule has 0 aromatic heterocycles. The van der Waals surface area contributed by atoms with Crippen molar-refractivity contribution in [3.05, 3.63) is 12.2 Å². The van der Waals surface area contributed by atoms with Gasteiger partial charge in [-0.2, -0.15) is 0 Å². The summed E-state index contributed by atoms with van der Waals surface area (Å²) >= 11 is 0. The van der Waals surface area contributed by atoms with E-state index in [9.17, 15) is 19.4 Å². The molecule has 0 aromatic rings. The first-order valence-electron chi connectivity index (χ1n) is 28.1. The normalized spacial score (nSPS) is 14.0. The van der Waals surface area contributed by atoms with Gasteiger partial charge in [0.15, 0.2) is 0 Å². The Bertz CT molecular complexity index is 1050. The molecule has 1 amide bonds. The summed E-state index contributed by atoms with van der Waals surface area (Å²) in [5.74, 6) is -0.142. The zero-order chi connectivity index (χ0) is 47.1. The summed E-state index contributed by atoms with van der Waals surface area (Å²) in [7, 11) is 1.63. The molecule has 3 unspecified atom stereocenters. The van der Waals surface area contributed by atoms with Gasteiger partial charge in [-0.25, -0.2) is 4.57 Å². The van der Waals surface area contributed by atoms with Crippen molar-refractivity contribution in [2.24, 2.45) is 0 Å². The fourth-order valence-corrected chi connectivity index (χ4v) is 9.31. The highest BCUT2D eigenvalue weighted by Crippen LogP contribution is 2.43. The van der Waals surface area contributed by atoms with E-state index in [1.165, 1.54) is 218 Å². The van der Waals surface area contributed by atoms with Crippen molar-refractivity contribution in [3.8, 4) is 0 Å². The summed E-state index contributed by atoms with van der Waals surface area (Å²) in [4.78, 5) is 23.3. The number of hydrogen-bond acceptors (Lipinski definition) is 5. The van der Waals surface area contributed by atoms with E-state index in [4.69, 9.17) is 9.05 Å². The van der Waals surface area contributed by atoms with Gasteiger partial charge in [0.2, 0.25) is 5.91 Å². The molecule has 0 heterocycles. The maximum atomic E-state index is 13.0. The number of nitrogens with one attached hydrogen (secondary N) is 1. The van der Waals surface area contributed by atoms with Gasteiger partial charge in [-0.1, -0.05) is 251 Å². The van der Waals surface area contributed by atoms with Crippen LogP contribution in [-0.2, 0) is 18.4 Å². The van der Waals surface area contributed by atoms with Crippen LogP contribution in [0.4, 0.5) is 0 Å². The Kier molecular flexibility index (Phi) is 46.8. The van der Waals surface area contributed by atoms with E-state index in [0.29, 0.717) is 23.9 Å². The number of phosphoric ester groups is 1. The Balaban J connectivity index is 4.15. The predicted molar refractivity (Wildman–Crippen MR) is 277 cm³/mol. The number of unbranched alkanes of at least 4 members (excludes halogenated alkanes) is 37. The number of carbonyl (C=O) groups is 1. The van der Waals surface area contributed by atoms with Crippen molar-refractivity contribution in [3.63, 3.8) is 0 Å². The van der Waals surface area contributed by atoms with Gasteiger partial charge < -0.3 is 19.8 Å². The van der Waals surface area contributed by atoms with Gasteiger partial charge in [-0.15, -0.1) is 0 Å². The molecule has 64 heavy (non-hydrogen) atoms. The maximum Gasteiger partial charge on any atom is 0.472 e. The number of allylic oxidation sites excluding steroid dienone is 2. The Morgan fingerprint density at radius 3 is 1.20 bits per heavy atom. The van der Waals surface area contributed by atoms with Crippen LogP contribution in [0.3, 0.4) is 0 Å². The molecule has 0 bridgehead atoms. The van der Waals surface area contributed by atoms with Crippen LogP contribution < -0.4 is 5.32 Å². The quantitative estimate of drug-likeness (QED) is 0.0243. The zero-order valence-corrected chi connectivity index (χ0v) is 44.4. The second-order valence-electron chi connectivity index (χ2n) is 20.7. The summed E-state index contributed by atoms with van der Waals surface area (Å²) < 4.78 is 23.8. The minimum absolute atomic E-state index is 0.0767. The van der Waals surface area contributed by atoms with Crippen LogP contribution in [0.2, 0.25) is 0 Å². The number of carbonyl (C=O) groups excluding carboxylic acids is 1. The molecular formula is C55H112N2O6P+. The molecule has 0 saturated carbocycles. The summed E-state index contributed by atoms with van der Waals surface area (Å²) in [6, 6.07) is -0.759. The van der Waals surface area contributed by atoms with Crippen molar-refractivity contribution in [1.29, 1.82) is 0 Å². The highest BCUT2D eigenvalue weighted by atomic mass is 31.2. The van der Waals surface area contributed by atoms with Crippen LogP contribution in [-0.4, -0.2) is 73.4 Å². The van der Waals surface area contributed by atoms with Gasteiger partial charge in [0, 0.05) is 6.42 Å². The van der Waals surface area contributed by atoms with Gasteiger partial charge >= 0.3 is 7.82 Å². The minimum Gasteiger partial charge on any atom is -0.391 e. The van der Waals surface area contributed by atoms with Crippen LogP contribution in [0.1, 0.15) is 284 Å². The molecule has 0 aliphatic heterocycles. The molecule has 0 spiro atoms. The Morgan fingerprint density at radius 1 is 0.516 bits per heavy atom. The molecule has 3 atom stereocenters. The number of aliphatic hydroxyl groups excluding tert-OH is 1. The van der Waals surface area contributed by atoms with Crippen LogP contribution >= 0.6 is 7.82 Å². The highest BCUT2D eigenvalue weighted by molar-refractivity contribution is 7.47. The van der Waals surface area contributed by atoms with Gasteiger partial charge in [-0.05, 0) is 38.5 Å². The van der Waals surface area contributed by atoms with Crippen LogP contribution in [0.25, 0.3) is 0 Å². The fourth-order valence-electron chi connectivity index (χ4n) is 8.57. The zero-order valence-electron chi connectivity index (χ0n) is 43.6. The van der Waals surface area contributed by atoms with Gasteiger partial charge in [0.05, 0.1) is 39.9 Å². The molecule has 9 heteroatoms. The number of likely N-dealkylation sites (N-methyl/N-ethyl adjacent to an activating group) is 1. The number of aliphatic hydroxyl groups is 1. The summed E-state index contributed by atoms with van der Waals surface area (Å²) in [6.07, 6.45) is 56.9. The molecule has 0 rings (SSSR count). The second kappa shape index (κ2) is 47.3. The Morgan fingerprint density at radius 2 is 0.844 bits per heavy atom. The van der Waals surface area contributed by atoms with Crippen molar-refractivity contribution in [1.82, 2.24) is 5.32 Å². The summed E-state index contributed by atoms with van der Waals surface area (Å²) in [5.41, 5.74) is 0. The van der Waals surface area contributed by atoms with E-state index in [-0.39, 0.29) is 19.1 Å². The molecule has 0 aliphatic rings. The van der Waals surface area contributed by atoms with Crippen molar-refractivity contribution < 1.29 is 32.9 Å². The van der Waals surface area contributed by atoms with E-state index in [0.717, 1.165) is 38.5 Å². The third kappa shape index (κ3) is 49.2. The lowest BCUT2D eigenvalue weighted by atomic mass is 10.0. The number of phosphoric acid groups is 1. The lowest BCUT2D eigenvalue weighted by molar-refractivity contribution is -0.870. The molecule has 3 N–H and O–H groups in total.